The van der Waals surface area contributed by atoms with Crippen LogP contribution in [0.3, 0.4) is 0 Å². The van der Waals surface area contributed by atoms with Crippen molar-refractivity contribution in [2.24, 2.45) is 0 Å². The van der Waals surface area contributed by atoms with Gasteiger partial charge in [-0.2, -0.15) is 0 Å². The zero-order chi connectivity index (χ0) is 16.9. The average Bonchev–Trinajstić information content (AvgIpc) is 2.96. The van der Waals surface area contributed by atoms with Gasteiger partial charge in [0.1, 0.15) is 23.4 Å². The van der Waals surface area contributed by atoms with Crippen molar-refractivity contribution in [3.05, 3.63) is 47.9 Å². The number of ether oxygens (including phenoxy) is 1. The van der Waals surface area contributed by atoms with Gasteiger partial charge in [-0.3, -0.25) is 4.79 Å². The van der Waals surface area contributed by atoms with Crippen LogP contribution in [-0.2, 0) is 11.2 Å². The number of furan rings is 1. The van der Waals surface area contributed by atoms with E-state index in [-0.39, 0.29) is 18.4 Å². The molecule has 5 nitrogen and oxygen atoms in total. The summed E-state index contributed by atoms with van der Waals surface area (Å²) in [6.07, 6.45) is 3.49. The normalized spacial score (nSPS) is 20.6. The zero-order valence-corrected chi connectivity index (χ0v) is 13.8. The van der Waals surface area contributed by atoms with Gasteiger partial charge in [0.15, 0.2) is 0 Å². The topological polar surface area (TPSA) is 71.7 Å². The first-order valence-electron chi connectivity index (χ1n) is 8.40. The molecule has 1 aromatic carbocycles. The molecule has 24 heavy (non-hydrogen) atoms. The van der Waals surface area contributed by atoms with Crippen LogP contribution in [0.1, 0.15) is 37.2 Å². The van der Waals surface area contributed by atoms with Crippen molar-refractivity contribution in [3.8, 4) is 5.75 Å². The van der Waals surface area contributed by atoms with Gasteiger partial charge in [0.05, 0.1) is 12.5 Å². The van der Waals surface area contributed by atoms with Gasteiger partial charge in [0.2, 0.25) is 5.91 Å². The van der Waals surface area contributed by atoms with Gasteiger partial charge in [0.25, 0.3) is 0 Å². The lowest BCUT2D eigenvalue weighted by atomic mass is 9.95. The lowest BCUT2D eigenvalue weighted by Crippen LogP contribution is -2.34. The molecule has 2 atom stereocenters. The molecule has 0 spiro atoms. The van der Waals surface area contributed by atoms with E-state index in [1.165, 1.54) is 0 Å². The molecule has 0 saturated heterocycles. The smallest absolute Gasteiger partial charge is 0.231 e. The second kappa shape index (κ2) is 7.53. The van der Waals surface area contributed by atoms with Gasteiger partial charge in [0, 0.05) is 5.69 Å². The van der Waals surface area contributed by atoms with E-state index in [0.717, 1.165) is 31.4 Å². The van der Waals surface area contributed by atoms with Crippen LogP contribution >= 0.6 is 0 Å². The highest BCUT2D eigenvalue weighted by Gasteiger charge is 2.24. The van der Waals surface area contributed by atoms with Crippen LogP contribution in [-0.4, -0.2) is 23.2 Å². The predicted molar refractivity (Wildman–Crippen MR) is 91.1 cm³/mol. The van der Waals surface area contributed by atoms with Gasteiger partial charge in [-0.05, 0) is 62.6 Å². The number of anilines is 1. The van der Waals surface area contributed by atoms with Gasteiger partial charge in [-0.1, -0.05) is 6.42 Å². The maximum absolute atomic E-state index is 12.0. The molecule has 2 aromatic rings. The van der Waals surface area contributed by atoms with E-state index in [1.807, 2.05) is 25.1 Å². The summed E-state index contributed by atoms with van der Waals surface area (Å²) < 4.78 is 11.2. The summed E-state index contributed by atoms with van der Waals surface area (Å²) in [4.78, 5) is 12.0. The molecule has 0 aliphatic heterocycles. The maximum Gasteiger partial charge on any atom is 0.231 e. The van der Waals surface area contributed by atoms with E-state index >= 15 is 0 Å². The Labute approximate surface area is 141 Å². The van der Waals surface area contributed by atoms with E-state index in [0.29, 0.717) is 17.2 Å². The molecule has 0 radical (unpaired) electrons. The highest BCUT2D eigenvalue weighted by Crippen LogP contribution is 2.25. The number of amides is 1. The van der Waals surface area contributed by atoms with Gasteiger partial charge in [-0.25, -0.2) is 0 Å². The van der Waals surface area contributed by atoms with E-state index in [1.54, 1.807) is 18.2 Å². The third kappa shape index (κ3) is 4.38. The first kappa shape index (κ1) is 16.6. The van der Waals surface area contributed by atoms with E-state index in [4.69, 9.17) is 9.15 Å². The minimum atomic E-state index is -0.394. The minimum Gasteiger partial charge on any atom is -0.488 e. The lowest BCUT2D eigenvalue weighted by Gasteiger charge is -2.28. The number of carbonyl (C=O) groups is 1. The van der Waals surface area contributed by atoms with Crippen molar-refractivity contribution in [3.63, 3.8) is 0 Å². The lowest BCUT2D eigenvalue weighted by molar-refractivity contribution is -0.115. The summed E-state index contributed by atoms with van der Waals surface area (Å²) in [7, 11) is 0. The summed E-state index contributed by atoms with van der Waals surface area (Å²) in [5, 5.41) is 12.8. The van der Waals surface area contributed by atoms with Crippen LogP contribution in [0.15, 0.2) is 40.8 Å². The number of hydrogen-bond acceptors (Lipinski definition) is 4. The van der Waals surface area contributed by atoms with Crippen LogP contribution in [0, 0.1) is 6.92 Å². The number of benzene rings is 1. The molecule has 0 bridgehead atoms. The Morgan fingerprint density at radius 1 is 1.21 bits per heavy atom. The van der Waals surface area contributed by atoms with E-state index in [2.05, 4.69) is 5.32 Å². The molecular formula is C19H23NO4. The van der Waals surface area contributed by atoms with Crippen molar-refractivity contribution in [1.29, 1.82) is 0 Å². The van der Waals surface area contributed by atoms with Gasteiger partial charge in [-0.15, -0.1) is 0 Å². The van der Waals surface area contributed by atoms with Crippen LogP contribution in [0.5, 0.6) is 5.75 Å². The van der Waals surface area contributed by atoms with Gasteiger partial charge >= 0.3 is 0 Å². The third-order valence-electron chi connectivity index (χ3n) is 4.22. The molecule has 1 amide bonds. The molecule has 0 unspecified atom stereocenters. The molecule has 1 aliphatic carbocycles. The van der Waals surface area contributed by atoms with Crippen LogP contribution in [0.2, 0.25) is 0 Å². The number of aryl methyl sites for hydroxylation is 1. The summed E-state index contributed by atoms with van der Waals surface area (Å²) in [5.74, 6) is 2.03. The largest absolute Gasteiger partial charge is 0.488 e. The Kier molecular flexibility index (Phi) is 5.20. The first-order chi connectivity index (χ1) is 11.6. The predicted octanol–water partition coefficient (Wildman–Crippen LogP) is 3.45. The Bertz CT molecular complexity index is 677. The Morgan fingerprint density at radius 2 is 1.96 bits per heavy atom. The highest BCUT2D eigenvalue weighted by atomic mass is 16.5. The van der Waals surface area contributed by atoms with Crippen molar-refractivity contribution in [2.75, 3.05) is 5.32 Å². The summed E-state index contributed by atoms with van der Waals surface area (Å²) >= 11 is 0. The Morgan fingerprint density at radius 3 is 2.62 bits per heavy atom. The van der Waals surface area contributed by atoms with Crippen LogP contribution < -0.4 is 10.1 Å². The number of hydrogen-bond donors (Lipinski definition) is 2. The minimum absolute atomic E-state index is 0.124. The standard InChI is InChI=1S/C19H23NO4/c1-13-6-9-16(23-13)12-19(22)20-14-7-10-15(11-8-14)24-18-5-3-2-4-17(18)21/h6-11,17-18,21H,2-5,12H2,1H3,(H,20,22)/t17-,18+/m1/s1. The molecule has 1 fully saturated rings. The van der Waals surface area contributed by atoms with E-state index in [9.17, 15) is 9.90 Å². The molecule has 5 heteroatoms. The molecule has 1 aliphatic rings. The summed E-state index contributed by atoms with van der Waals surface area (Å²) in [6, 6.07) is 10.9. The molecule has 2 N–H and O–H groups in total. The van der Waals surface area contributed by atoms with Crippen molar-refractivity contribution in [1.82, 2.24) is 0 Å². The second-order valence-corrected chi connectivity index (χ2v) is 6.27. The van der Waals surface area contributed by atoms with Crippen molar-refractivity contribution < 1.29 is 19.1 Å². The number of carbonyl (C=O) groups excluding carboxylic acids is 1. The van der Waals surface area contributed by atoms with Crippen LogP contribution in [0.4, 0.5) is 5.69 Å². The SMILES string of the molecule is Cc1ccc(CC(=O)Nc2ccc(O[C@H]3CCCC[C@H]3O)cc2)o1. The highest BCUT2D eigenvalue weighted by molar-refractivity contribution is 5.91. The fourth-order valence-electron chi connectivity index (χ4n) is 2.95. The molecule has 1 aromatic heterocycles. The fraction of sp³-hybridized carbons (Fsp3) is 0.421. The maximum atomic E-state index is 12.0. The third-order valence-corrected chi connectivity index (χ3v) is 4.22. The molecule has 3 rings (SSSR count). The molecular weight excluding hydrogens is 306 g/mol. The second-order valence-electron chi connectivity index (χ2n) is 6.27. The first-order valence-corrected chi connectivity index (χ1v) is 8.40. The van der Waals surface area contributed by atoms with Gasteiger partial charge < -0.3 is 19.6 Å². The van der Waals surface area contributed by atoms with Crippen molar-refractivity contribution in [2.45, 2.75) is 51.2 Å². The monoisotopic (exact) mass is 329 g/mol. The number of nitrogens with one attached hydrogen (secondary N) is 1. The Balaban J connectivity index is 1.53. The number of aliphatic hydroxyl groups is 1. The molecule has 128 valence electrons. The summed E-state index contributed by atoms with van der Waals surface area (Å²) in [5.41, 5.74) is 0.708. The number of aliphatic hydroxyl groups excluding tert-OH is 1. The average molecular weight is 329 g/mol. The van der Waals surface area contributed by atoms with Crippen LogP contribution in [0.25, 0.3) is 0 Å². The molecule has 1 saturated carbocycles. The number of rotatable bonds is 5. The zero-order valence-electron chi connectivity index (χ0n) is 13.8. The Hall–Kier alpha value is -2.27. The fourth-order valence-corrected chi connectivity index (χ4v) is 2.95. The van der Waals surface area contributed by atoms with Crippen molar-refractivity contribution >= 4 is 11.6 Å². The summed E-state index contributed by atoms with van der Waals surface area (Å²) in [6.45, 7) is 1.85. The molecule has 1 heterocycles. The quantitative estimate of drug-likeness (QED) is 0.881. The van der Waals surface area contributed by atoms with E-state index < -0.39 is 6.10 Å².